The molecular weight excluding hydrogens is 288 g/mol. The summed E-state index contributed by atoms with van der Waals surface area (Å²) in [5.41, 5.74) is 0.616. The average Bonchev–Trinajstić information content (AvgIpc) is 2.96. The molecule has 0 aliphatic rings. The van der Waals surface area contributed by atoms with Gasteiger partial charge in [0, 0.05) is 10.3 Å². The number of likely N-dealkylation sites (N-methyl/N-ethyl adjacent to an activating group) is 1. The molecule has 0 fully saturated rings. The predicted octanol–water partition coefficient (Wildman–Crippen LogP) is 2.37. The van der Waals surface area contributed by atoms with Crippen LogP contribution in [0.5, 0.6) is 0 Å². The SMILES string of the molecule is CNCCc1ccc(S(=O)(=O)Nc2ccsc2)s1. The van der Waals surface area contributed by atoms with Crippen molar-refractivity contribution in [1.29, 1.82) is 0 Å². The fourth-order valence-corrected chi connectivity index (χ4v) is 4.48. The van der Waals surface area contributed by atoms with Crippen LogP contribution in [0.15, 0.2) is 33.2 Å². The van der Waals surface area contributed by atoms with Gasteiger partial charge in [-0.05, 0) is 43.6 Å². The van der Waals surface area contributed by atoms with Crippen molar-refractivity contribution >= 4 is 38.4 Å². The quantitative estimate of drug-likeness (QED) is 0.861. The van der Waals surface area contributed by atoms with E-state index in [-0.39, 0.29) is 0 Å². The van der Waals surface area contributed by atoms with Crippen LogP contribution in [0.3, 0.4) is 0 Å². The second kappa shape index (κ2) is 5.83. The first-order chi connectivity index (χ1) is 8.62. The smallest absolute Gasteiger partial charge is 0.271 e. The largest absolute Gasteiger partial charge is 0.319 e. The lowest BCUT2D eigenvalue weighted by molar-refractivity contribution is 0.603. The first-order valence-corrected chi connectivity index (χ1v) is 8.64. The molecule has 0 aromatic carbocycles. The molecule has 2 N–H and O–H groups in total. The maximum Gasteiger partial charge on any atom is 0.271 e. The van der Waals surface area contributed by atoms with Crippen LogP contribution in [0, 0.1) is 0 Å². The second-order valence-electron chi connectivity index (χ2n) is 3.69. The summed E-state index contributed by atoms with van der Waals surface area (Å²) >= 11 is 2.77. The summed E-state index contributed by atoms with van der Waals surface area (Å²) in [5.74, 6) is 0. The van der Waals surface area contributed by atoms with E-state index in [1.54, 1.807) is 17.5 Å². The lowest BCUT2D eigenvalue weighted by Gasteiger charge is -2.02. The molecule has 4 nitrogen and oxygen atoms in total. The van der Waals surface area contributed by atoms with Gasteiger partial charge in [0.15, 0.2) is 0 Å². The van der Waals surface area contributed by atoms with Crippen molar-refractivity contribution in [2.45, 2.75) is 10.6 Å². The maximum absolute atomic E-state index is 12.1. The molecule has 0 aliphatic carbocycles. The van der Waals surface area contributed by atoms with Crippen molar-refractivity contribution in [1.82, 2.24) is 5.32 Å². The van der Waals surface area contributed by atoms with Crippen LogP contribution in [-0.4, -0.2) is 22.0 Å². The number of anilines is 1. The molecule has 2 aromatic heterocycles. The molecule has 98 valence electrons. The van der Waals surface area contributed by atoms with Crippen LogP contribution in [0.1, 0.15) is 4.88 Å². The van der Waals surface area contributed by atoms with Gasteiger partial charge in [-0.2, -0.15) is 11.3 Å². The number of hydrogen-bond donors (Lipinski definition) is 2. The van der Waals surface area contributed by atoms with Crippen LogP contribution in [0.4, 0.5) is 5.69 Å². The fraction of sp³-hybridized carbons (Fsp3) is 0.273. The Hall–Kier alpha value is -0.890. The molecule has 0 aliphatic heterocycles. The van der Waals surface area contributed by atoms with Gasteiger partial charge in [-0.3, -0.25) is 4.72 Å². The van der Waals surface area contributed by atoms with Crippen molar-refractivity contribution in [2.24, 2.45) is 0 Å². The van der Waals surface area contributed by atoms with Crippen molar-refractivity contribution in [3.63, 3.8) is 0 Å². The van der Waals surface area contributed by atoms with E-state index in [0.717, 1.165) is 17.8 Å². The van der Waals surface area contributed by atoms with Gasteiger partial charge >= 0.3 is 0 Å². The molecule has 2 rings (SSSR count). The topological polar surface area (TPSA) is 58.2 Å². The van der Waals surface area contributed by atoms with E-state index in [4.69, 9.17) is 0 Å². The predicted molar refractivity (Wildman–Crippen MR) is 77.1 cm³/mol. The highest BCUT2D eigenvalue weighted by Gasteiger charge is 2.16. The van der Waals surface area contributed by atoms with Gasteiger partial charge in [0.2, 0.25) is 0 Å². The molecule has 18 heavy (non-hydrogen) atoms. The van der Waals surface area contributed by atoms with Gasteiger partial charge in [0.05, 0.1) is 5.69 Å². The zero-order chi connectivity index (χ0) is 13.0. The molecule has 7 heteroatoms. The highest BCUT2D eigenvalue weighted by atomic mass is 32.2. The summed E-state index contributed by atoms with van der Waals surface area (Å²) < 4.78 is 27.1. The third-order valence-corrected chi connectivity index (χ3v) is 6.00. The van der Waals surface area contributed by atoms with Crippen molar-refractivity contribution < 1.29 is 8.42 Å². The Bertz CT molecular complexity index is 588. The Morgan fingerprint density at radius 2 is 2.11 bits per heavy atom. The van der Waals surface area contributed by atoms with E-state index in [9.17, 15) is 8.42 Å². The minimum absolute atomic E-state index is 0.361. The molecule has 0 unspecified atom stereocenters. The number of nitrogens with one attached hydrogen (secondary N) is 2. The number of sulfonamides is 1. The summed E-state index contributed by atoms with van der Waals surface area (Å²) in [6.45, 7) is 0.845. The summed E-state index contributed by atoms with van der Waals surface area (Å²) in [6, 6.07) is 5.27. The Labute approximate surface area is 115 Å². The zero-order valence-corrected chi connectivity index (χ0v) is 12.3. The molecule has 2 heterocycles. The lowest BCUT2D eigenvalue weighted by Crippen LogP contribution is -2.10. The van der Waals surface area contributed by atoms with Crippen LogP contribution < -0.4 is 10.0 Å². The Balaban J connectivity index is 2.12. The summed E-state index contributed by atoms with van der Waals surface area (Å²) in [5, 5.41) is 6.65. The summed E-state index contributed by atoms with van der Waals surface area (Å²) in [6.07, 6.45) is 0.842. The minimum atomic E-state index is -3.43. The van der Waals surface area contributed by atoms with Gasteiger partial charge in [0.1, 0.15) is 4.21 Å². The monoisotopic (exact) mass is 302 g/mol. The highest BCUT2D eigenvalue weighted by molar-refractivity contribution is 7.94. The molecule has 0 radical (unpaired) electrons. The van der Waals surface area contributed by atoms with Gasteiger partial charge in [-0.1, -0.05) is 0 Å². The molecule has 0 atom stereocenters. The first kappa shape index (κ1) is 13.5. The second-order valence-corrected chi connectivity index (χ2v) is 7.55. The standard InChI is InChI=1S/C11H14N2O2S3/c1-12-6-4-10-2-3-11(17-10)18(14,15)13-9-5-7-16-8-9/h2-3,5,7-8,12-13H,4,6H2,1H3. The van der Waals surface area contributed by atoms with Crippen molar-refractivity contribution in [3.05, 3.63) is 33.8 Å². The molecule has 0 amide bonds. The van der Waals surface area contributed by atoms with Gasteiger partial charge in [-0.25, -0.2) is 8.42 Å². The lowest BCUT2D eigenvalue weighted by atomic mass is 10.3. The molecule has 0 spiro atoms. The average molecular weight is 302 g/mol. The third-order valence-electron chi connectivity index (χ3n) is 2.30. The Kier molecular flexibility index (Phi) is 4.39. The number of rotatable bonds is 6. The van der Waals surface area contributed by atoms with E-state index in [1.165, 1.54) is 22.7 Å². The van der Waals surface area contributed by atoms with E-state index in [0.29, 0.717) is 9.90 Å². The molecule has 2 aromatic rings. The highest BCUT2D eigenvalue weighted by Crippen LogP contribution is 2.25. The van der Waals surface area contributed by atoms with Gasteiger partial charge in [-0.15, -0.1) is 11.3 Å². The normalized spacial score (nSPS) is 11.6. The zero-order valence-electron chi connectivity index (χ0n) is 9.84. The Morgan fingerprint density at radius 1 is 1.28 bits per heavy atom. The van der Waals surface area contributed by atoms with Crippen LogP contribution in [0.2, 0.25) is 0 Å². The summed E-state index contributed by atoms with van der Waals surface area (Å²) in [7, 11) is -1.55. The molecule has 0 bridgehead atoms. The number of hydrogen-bond acceptors (Lipinski definition) is 5. The molecule has 0 saturated heterocycles. The van der Waals surface area contributed by atoms with E-state index in [2.05, 4.69) is 10.0 Å². The third kappa shape index (κ3) is 3.32. The molecular formula is C11H14N2O2S3. The Morgan fingerprint density at radius 3 is 2.78 bits per heavy atom. The van der Waals surface area contributed by atoms with Crippen LogP contribution in [0.25, 0.3) is 0 Å². The minimum Gasteiger partial charge on any atom is -0.319 e. The van der Waals surface area contributed by atoms with E-state index in [1.807, 2.05) is 18.5 Å². The van der Waals surface area contributed by atoms with E-state index >= 15 is 0 Å². The van der Waals surface area contributed by atoms with Crippen LogP contribution in [-0.2, 0) is 16.4 Å². The first-order valence-electron chi connectivity index (χ1n) is 5.40. The summed E-state index contributed by atoms with van der Waals surface area (Å²) in [4.78, 5) is 1.06. The fourth-order valence-electron chi connectivity index (χ4n) is 1.41. The van der Waals surface area contributed by atoms with E-state index < -0.39 is 10.0 Å². The van der Waals surface area contributed by atoms with Crippen molar-refractivity contribution in [3.8, 4) is 0 Å². The van der Waals surface area contributed by atoms with Gasteiger partial charge < -0.3 is 5.32 Å². The number of thiophene rings is 2. The van der Waals surface area contributed by atoms with Crippen LogP contribution >= 0.6 is 22.7 Å². The van der Waals surface area contributed by atoms with Gasteiger partial charge in [0.25, 0.3) is 10.0 Å². The van der Waals surface area contributed by atoms with Crippen molar-refractivity contribution in [2.75, 3.05) is 18.3 Å². The maximum atomic E-state index is 12.1. The molecule has 0 saturated carbocycles.